The Labute approximate surface area is 469 Å². The molecular weight excluding hydrogens is 979 g/mol. The zero-order valence-electron chi connectivity index (χ0n) is 49.2. The monoisotopic (exact) mass is 1100 g/mol. The molecule has 9 N–H and O–H groups in total. The second-order valence-electron chi connectivity index (χ2n) is 23.2. The van der Waals surface area contributed by atoms with Crippen molar-refractivity contribution in [2.45, 2.75) is 364 Å². The molecule has 12 atom stereocenters. The van der Waals surface area contributed by atoms with Gasteiger partial charge in [0.25, 0.3) is 0 Å². The molecule has 0 aromatic carbocycles. The molecule has 14 nitrogen and oxygen atoms in total. The van der Waals surface area contributed by atoms with Crippen LogP contribution in [0.4, 0.5) is 0 Å². The fourth-order valence-corrected chi connectivity index (χ4v) is 11.0. The first-order chi connectivity index (χ1) is 37.6. The summed E-state index contributed by atoms with van der Waals surface area (Å²) in [5.74, 6) is -0.211. The summed E-state index contributed by atoms with van der Waals surface area (Å²) in [6, 6.07) is -0.830. The molecule has 0 spiro atoms. The minimum absolute atomic E-state index is 0.211. The normalized spacial score (nSPS) is 24.7. The van der Waals surface area contributed by atoms with Crippen molar-refractivity contribution in [1.29, 1.82) is 0 Å². The summed E-state index contributed by atoms with van der Waals surface area (Å²) in [4.78, 5) is 13.3. The van der Waals surface area contributed by atoms with Crippen molar-refractivity contribution in [2.75, 3.05) is 19.8 Å². The van der Waals surface area contributed by atoms with Gasteiger partial charge in [-0.05, 0) is 38.5 Å². The van der Waals surface area contributed by atoms with Crippen LogP contribution in [0.2, 0.25) is 0 Å². The van der Waals surface area contributed by atoms with Gasteiger partial charge >= 0.3 is 0 Å². The van der Waals surface area contributed by atoms with Crippen LogP contribution in [0.15, 0.2) is 12.2 Å². The average Bonchev–Trinajstić information content (AvgIpc) is 3.44. The van der Waals surface area contributed by atoms with Crippen molar-refractivity contribution in [3.63, 3.8) is 0 Å². The van der Waals surface area contributed by atoms with Crippen molar-refractivity contribution >= 4 is 5.91 Å². The lowest BCUT2D eigenvalue weighted by atomic mass is 9.97. The van der Waals surface area contributed by atoms with Crippen LogP contribution in [-0.2, 0) is 23.7 Å². The Kier molecular flexibility index (Phi) is 46.0. The van der Waals surface area contributed by atoms with E-state index in [2.05, 4.69) is 31.3 Å². The quantitative estimate of drug-likeness (QED) is 0.0204. The van der Waals surface area contributed by atoms with Crippen molar-refractivity contribution in [3.05, 3.63) is 12.2 Å². The molecule has 0 bridgehead atoms. The van der Waals surface area contributed by atoms with E-state index in [4.69, 9.17) is 18.9 Å². The summed E-state index contributed by atoms with van der Waals surface area (Å²) in [7, 11) is 0. The minimum atomic E-state index is -1.78. The van der Waals surface area contributed by atoms with Gasteiger partial charge in [0.1, 0.15) is 48.8 Å². The first kappa shape index (κ1) is 71.8. The number of ether oxygens (including phenoxy) is 4. The number of rotatable bonds is 53. The predicted molar refractivity (Wildman–Crippen MR) is 309 cm³/mol. The Morgan fingerprint density at radius 3 is 1.23 bits per heavy atom. The highest BCUT2D eigenvalue weighted by Crippen LogP contribution is 2.30. The van der Waals surface area contributed by atoms with E-state index in [1.165, 1.54) is 193 Å². The number of hydrogen-bond donors (Lipinski definition) is 9. The standard InChI is InChI=1S/C63H121NO13/c1-3-5-7-9-11-13-15-17-19-20-21-22-23-24-25-26-27-28-29-30-31-33-34-36-38-40-42-44-46-52(67)51(64-55(68)47-45-43-41-39-37-35-32-18-16-14-12-10-8-6-4-2)50-74-62-60(73)58(71)61(54(49-66)76-62)77-63-59(72)57(70)56(69)53(48-65)75-63/h18,32,51-54,56-63,65-67,69-73H,3-17,19-31,33-50H2,1-2H3,(H,64,68)/b32-18-. The van der Waals surface area contributed by atoms with E-state index >= 15 is 0 Å². The summed E-state index contributed by atoms with van der Waals surface area (Å²) in [5.41, 5.74) is 0. The molecule has 0 aliphatic carbocycles. The van der Waals surface area contributed by atoms with E-state index in [1.54, 1.807) is 0 Å². The lowest BCUT2D eigenvalue weighted by Crippen LogP contribution is -2.65. The fourth-order valence-electron chi connectivity index (χ4n) is 11.0. The number of aliphatic hydroxyl groups excluding tert-OH is 8. The van der Waals surface area contributed by atoms with Gasteiger partial charge in [-0.25, -0.2) is 0 Å². The van der Waals surface area contributed by atoms with Gasteiger partial charge in [-0.15, -0.1) is 0 Å². The van der Waals surface area contributed by atoms with Crippen LogP contribution in [0.1, 0.15) is 290 Å². The van der Waals surface area contributed by atoms with Crippen LogP contribution < -0.4 is 5.32 Å². The molecule has 2 saturated heterocycles. The number of aliphatic hydroxyl groups is 8. The minimum Gasteiger partial charge on any atom is -0.394 e. The average molecular weight is 1100 g/mol. The summed E-state index contributed by atoms with van der Waals surface area (Å²) in [6.07, 6.45) is 40.8. The number of carbonyl (C=O) groups is 1. The molecule has 456 valence electrons. The van der Waals surface area contributed by atoms with Crippen LogP contribution in [0.3, 0.4) is 0 Å². The van der Waals surface area contributed by atoms with Gasteiger partial charge in [-0.1, -0.05) is 257 Å². The van der Waals surface area contributed by atoms with Gasteiger partial charge in [0.2, 0.25) is 5.91 Å². The number of amides is 1. The molecule has 2 aliphatic rings. The smallest absolute Gasteiger partial charge is 0.220 e. The van der Waals surface area contributed by atoms with Crippen LogP contribution in [0.5, 0.6) is 0 Å². The number of unbranched alkanes of at least 4 members (excludes halogenated alkanes) is 38. The third-order valence-corrected chi connectivity index (χ3v) is 16.2. The highest BCUT2D eigenvalue weighted by atomic mass is 16.7. The van der Waals surface area contributed by atoms with Gasteiger partial charge in [0.15, 0.2) is 12.6 Å². The molecule has 0 aromatic rings. The maximum Gasteiger partial charge on any atom is 0.220 e. The topological polar surface area (TPSA) is 228 Å². The largest absolute Gasteiger partial charge is 0.394 e. The first-order valence-corrected chi connectivity index (χ1v) is 32.4. The maximum atomic E-state index is 13.3. The molecule has 2 fully saturated rings. The van der Waals surface area contributed by atoms with Crippen molar-refractivity contribution < 1.29 is 64.6 Å². The molecule has 12 unspecified atom stereocenters. The molecule has 77 heavy (non-hydrogen) atoms. The van der Waals surface area contributed by atoms with Gasteiger partial charge in [0.05, 0.1) is 32.0 Å². The van der Waals surface area contributed by atoms with Crippen molar-refractivity contribution in [2.24, 2.45) is 0 Å². The van der Waals surface area contributed by atoms with E-state index < -0.39 is 86.8 Å². The summed E-state index contributed by atoms with van der Waals surface area (Å²) in [5, 5.41) is 87.4. The Balaban J connectivity index is 1.68. The molecule has 1 amide bonds. The van der Waals surface area contributed by atoms with Gasteiger partial charge in [0, 0.05) is 6.42 Å². The SMILES string of the molecule is CCCCCCCC/C=C\CCCCCCCC(=O)NC(COC1OC(CO)C(OC2OC(CO)C(O)C(O)C2O)C(O)C1O)C(O)CCCCCCCCCCCCCCCCCCCCCCCCCCCCCC. The van der Waals surface area contributed by atoms with E-state index in [0.717, 1.165) is 64.2 Å². The van der Waals surface area contributed by atoms with Crippen molar-refractivity contribution in [3.8, 4) is 0 Å². The molecule has 0 saturated carbocycles. The Morgan fingerprint density at radius 1 is 0.455 bits per heavy atom. The Morgan fingerprint density at radius 2 is 0.818 bits per heavy atom. The summed E-state index contributed by atoms with van der Waals surface area (Å²) >= 11 is 0. The van der Waals surface area contributed by atoms with Crippen LogP contribution in [0, 0.1) is 0 Å². The van der Waals surface area contributed by atoms with E-state index in [0.29, 0.717) is 19.3 Å². The zero-order chi connectivity index (χ0) is 56.0. The van der Waals surface area contributed by atoms with Crippen molar-refractivity contribution in [1.82, 2.24) is 5.32 Å². The highest BCUT2D eigenvalue weighted by molar-refractivity contribution is 5.76. The number of allylic oxidation sites excluding steroid dienone is 2. The predicted octanol–water partition coefficient (Wildman–Crippen LogP) is 11.8. The van der Waals surface area contributed by atoms with E-state index in [1.807, 2.05) is 0 Å². The molecular formula is C63H121NO13. The second-order valence-corrected chi connectivity index (χ2v) is 23.2. The molecule has 14 heteroatoms. The Hall–Kier alpha value is -1.27. The lowest BCUT2D eigenvalue weighted by Gasteiger charge is -2.46. The summed E-state index contributed by atoms with van der Waals surface area (Å²) < 4.78 is 22.9. The van der Waals surface area contributed by atoms with E-state index in [9.17, 15) is 45.6 Å². The lowest BCUT2D eigenvalue weighted by molar-refractivity contribution is -0.359. The van der Waals surface area contributed by atoms with E-state index in [-0.39, 0.29) is 12.5 Å². The molecule has 2 aliphatic heterocycles. The molecule has 0 radical (unpaired) electrons. The summed E-state index contributed by atoms with van der Waals surface area (Å²) in [6.45, 7) is 2.88. The number of nitrogens with one attached hydrogen (secondary N) is 1. The zero-order valence-corrected chi connectivity index (χ0v) is 49.2. The number of carbonyl (C=O) groups excluding carboxylic acids is 1. The molecule has 2 heterocycles. The molecule has 2 rings (SSSR count). The van der Waals surface area contributed by atoms with Gasteiger partial charge in [-0.3, -0.25) is 4.79 Å². The fraction of sp³-hybridized carbons (Fsp3) is 0.952. The molecule has 0 aromatic heterocycles. The first-order valence-electron chi connectivity index (χ1n) is 32.4. The van der Waals surface area contributed by atoms with Crippen LogP contribution >= 0.6 is 0 Å². The maximum absolute atomic E-state index is 13.3. The van der Waals surface area contributed by atoms with Crippen LogP contribution in [0.25, 0.3) is 0 Å². The second kappa shape index (κ2) is 49.3. The van der Waals surface area contributed by atoms with Gasteiger partial charge < -0.3 is 65.1 Å². The van der Waals surface area contributed by atoms with Crippen LogP contribution in [-0.4, -0.2) is 140 Å². The third-order valence-electron chi connectivity index (χ3n) is 16.2. The van der Waals surface area contributed by atoms with Gasteiger partial charge in [-0.2, -0.15) is 0 Å². The Bertz CT molecular complexity index is 1340. The number of hydrogen-bond acceptors (Lipinski definition) is 13. The third kappa shape index (κ3) is 34.7. The highest BCUT2D eigenvalue weighted by Gasteiger charge is 2.51.